The van der Waals surface area contributed by atoms with Crippen molar-refractivity contribution in [3.05, 3.63) is 34.6 Å². The first kappa shape index (κ1) is 13.6. The van der Waals surface area contributed by atoms with Gasteiger partial charge in [-0.3, -0.25) is 4.79 Å². The lowest BCUT2D eigenvalue weighted by atomic mass is 9.87. The van der Waals surface area contributed by atoms with Crippen molar-refractivity contribution >= 4 is 5.97 Å². The third kappa shape index (κ3) is 2.64. The summed E-state index contributed by atoms with van der Waals surface area (Å²) < 4.78 is 13.8. The molecule has 3 N–H and O–H groups in total. The number of benzene rings is 1. The molecule has 0 heterocycles. The van der Waals surface area contributed by atoms with E-state index in [0.29, 0.717) is 5.56 Å². The number of aryl methyl sites for hydroxylation is 1. The van der Waals surface area contributed by atoms with Gasteiger partial charge in [-0.05, 0) is 36.1 Å². The van der Waals surface area contributed by atoms with Gasteiger partial charge in [0.1, 0.15) is 11.9 Å². The third-order valence-electron chi connectivity index (χ3n) is 3.23. The first-order chi connectivity index (χ1) is 7.90. The number of rotatable bonds is 4. The Balaban J connectivity index is 3.25. The van der Waals surface area contributed by atoms with Crippen molar-refractivity contribution in [3.8, 4) is 0 Å². The normalized spacial score (nSPS) is 14.4. The summed E-state index contributed by atoms with van der Waals surface area (Å²) in [6.07, 6.45) is 0.786. The van der Waals surface area contributed by atoms with Crippen molar-refractivity contribution in [3.63, 3.8) is 0 Å². The summed E-state index contributed by atoms with van der Waals surface area (Å²) in [4.78, 5) is 10.8. The molecular weight excluding hydrogens is 221 g/mol. The largest absolute Gasteiger partial charge is 0.480 e. The maximum absolute atomic E-state index is 13.8. The molecule has 0 bridgehead atoms. The second-order valence-corrected chi connectivity index (χ2v) is 4.25. The quantitative estimate of drug-likeness (QED) is 0.846. The van der Waals surface area contributed by atoms with E-state index in [1.807, 2.05) is 13.8 Å². The highest BCUT2D eigenvalue weighted by Crippen LogP contribution is 2.27. The molecule has 1 rings (SSSR count). The van der Waals surface area contributed by atoms with Crippen molar-refractivity contribution in [2.75, 3.05) is 0 Å². The van der Waals surface area contributed by atoms with Crippen LogP contribution in [-0.4, -0.2) is 17.1 Å². The van der Waals surface area contributed by atoms with E-state index >= 15 is 0 Å². The van der Waals surface area contributed by atoms with E-state index in [9.17, 15) is 9.18 Å². The van der Waals surface area contributed by atoms with E-state index in [1.165, 1.54) is 6.07 Å². The minimum atomic E-state index is -1.11. The summed E-state index contributed by atoms with van der Waals surface area (Å²) in [5, 5.41) is 8.87. The average molecular weight is 239 g/mol. The fourth-order valence-corrected chi connectivity index (χ4v) is 2.08. The van der Waals surface area contributed by atoms with Gasteiger partial charge in [0.2, 0.25) is 0 Å². The molecule has 0 aliphatic heterocycles. The number of carboxylic acid groups (broad SMARTS) is 1. The highest BCUT2D eigenvalue weighted by Gasteiger charge is 2.26. The van der Waals surface area contributed by atoms with Gasteiger partial charge in [-0.2, -0.15) is 0 Å². The van der Waals surface area contributed by atoms with Gasteiger partial charge in [0, 0.05) is 5.92 Å². The molecular formula is C13H18FNO2. The molecule has 94 valence electrons. The van der Waals surface area contributed by atoms with E-state index in [1.54, 1.807) is 13.0 Å². The Kier molecular flexibility index (Phi) is 4.23. The molecule has 0 aromatic heterocycles. The number of halogens is 1. The summed E-state index contributed by atoms with van der Waals surface area (Å²) in [6.45, 7) is 5.43. The molecule has 1 aromatic rings. The van der Waals surface area contributed by atoms with Gasteiger partial charge in [0.15, 0.2) is 0 Å². The van der Waals surface area contributed by atoms with E-state index in [-0.39, 0.29) is 5.82 Å². The molecule has 0 fully saturated rings. The molecule has 17 heavy (non-hydrogen) atoms. The molecule has 4 heteroatoms. The standard InChI is InChI=1S/C13H18FNO2/c1-4-9-5-6-10(14)11(7(9)2)8(3)12(15)13(16)17/h5-6,8,12H,4,15H2,1-3H3,(H,16,17)/t8-,12+/m1/s1. The molecule has 1 aromatic carbocycles. The lowest BCUT2D eigenvalue weighted by Gasteiger charge is -2.21. The smallest absolute Gasteiger partial charge is 0.321 e. The van der Waals surface area contributed by atoms with Gasteiger partial charge < -0.3 is 10.8 Å². The van der Waals surface area contributed by atoms with Gasteiger partial charge in [0.25, 0.3) is 0 Å². The van der Waals surface area contributed by atoms with Gasteiger partial charge in [-0.1, -0.05) is 19.9 Å². The van der Waals surface area contributed by atoms with Crippen LogP contribution >= 0.6 is 0 Å². The Labute approximate surface area is 100 Å². The molecule has 0 aliphatic carbocycles. The predicted octanol–water partition coefficient (Wildman–Crippen LogP) is 2.21. The second kappa shape index (κ2) is 5.27. The molecule has 0 amide bonds. The highest BCUT2D eigenvalue weighted by molar-refractivity contribution is 5.74. The summed E-state index contributed by atoms with van der Waals surface area (Å²) in [6, 6.07) is 2.02. The van der Waals surface area contributed by atoms with Crippen molar-refractivity contribution in [2.45, 2.75) is 39.2 Å². The zero-order valence-corrected chi connectivity index (χ0v) is 10.3. The lowest BCUT2D eigenvalue weighted by molar-refractivity contribution is -0.139. The third-order valence-corrected chi connectivity index (χ3v) is 3.23. The van der Waals surface area contributed by atoms with Gasteiger partial charge in [-0.15, -0.1) is 0 Å². The summed E-state index contributed by atoms with van der Waals surface area (Å²) >= 11 is 0. The molecule has 0 aliphatic rings. The Bertz CT molecular complexity index is 432. The SMILES string of the molecule is CCc1ccc(F)c([C@@H](C)[C@H](N)C(=O)O)c1C. The van der Waals surface area contributed by atoms with Crippen molar-refractivity contribution < 1.29 is 14.3 Å². The molecule has 2 atom stereocenters. The van der Waals surface area contributed by atoms with Crippen molar-refractivity contribution in [1.29, 1.82) is 0 Å². The van der Waals surface area contributed by atoms with Gasteiger partial charge in [0.05, 0.1) is 0 Å². The van der Waals surface area contributed by atoms with Crippen LogP contribution in [0.4, 0.5) is 4.39 Å². The molecule has 3 nitrogen and oxygen atoms in total. The number of carbonyl (C=O) groups is 1. The van der Waals surface area contributed by atoms with Crippen LogP contribution in [0.25, 0.3) is 0 Å². The van der Waals surface area contributed by atoms with Gasteiger partial charge in [-0.25, -0.2) is 4.39 Å². The van der Waals surface area contributed by atoms with E-state index in [0.717, 1.165) is 17.5 Å². The molecule has 0 saturated carbocycles. The highest BCUT2D eigenvalue weighted by atomic mass is 19.1. The Morgan fingerprint density at radius 2 is 2.12 bits per heavy atom. The van der Waals surface area contributed by atoms with E-state index in [4.69, 9.17) is 10.8 Å². The number of hydrogen-bond donors (Lipinski definition) is 2. The molecule has 0 saturated heterocycles. The topological polar surface area (TPSA) is 63.3 Å². The minimum absolute atomic E-state index is 0.385. The van der Waals surface area contributed by atoms with E-state index < -0.39 is 17.9 Å². The zero-order chi connectivity index (χ0) is 13.2. The fraction of sp³-hybridized carbons (Fsp3) is 0.462. The zero-order valence-electron chi connectivity index (χ0n) is 10.3. The summed E-state index contributed by atoms with van der Waals surface area (Å²) in [7, 11) is 0. The predicted molar refractivity (Wildman–Crippen MR) is 64.5 cm³/mol. The number of carboxylic acids is 1. The van der Waals surface area contributed by atoms with Crippen LogP contribution in [0.5, 0.6) is 0 Å². The van der Waals surface area contributed by atoms with E-state index in [2.05, 4.69) is 0 Å². The summed E-state index contributed by atoms with van der Waals surface area (Å²) in [5.74, 6) is -2.04. The molecule has 0 spiro atoms. The van der Waals surface area contributed by atoms with Crippen LogP contribution in [-0.2, 0) is 11.2 Å². The Hall–Kier alpha value is -1.42. The average Bonchev–Trinajstić information content (AvgIpc) is 2.28. The van der Waals surface area contributed by atoms with Crippen LogP contribution in [0.15, 0.2) is 12.1 Å². The maximum Gasteiger partial charge on any atom is 0.321 e. The molecule has 0 unspecified atom stereocenters. The van der Waals surface area contributed by atoms with Crippen molar-refractivity contribution in [2.24, 2.45) is 5.73 Å². The minimum Gasteiger partial charge on any atom is -0.480 e. The van der Waals surface area contributed by atoms with Crippen LogP contribution in [0.2, 0.25) is 0 Å². The van der Waals surface area contributed by atoms with Crippen LogP contribution in [0, 0.1) is 12.7 Å². The lowest BCUT2D eigenvalue weighted by Crippen LogP contribution is -2.36. The maximum atomic E-state index is 13.8. The first-order valence-electron chi connectivity index (χ1n) is 5.66. The Morgan fingerprint density at radius 3 is 2.59 bits per heavy atom. The summed E-state index contributed by atoms with van der Waals surface area (Å²) in [5.41, 5.74) is 7.79. The fourth-order valence-electron chi connectivity index (χ4n) is 2.08. The van der Waals surface area contributed by atoms with Gasteiger partial charge >= 0.3 is 5.97 Å². The number of nitrogens with two attached hydrogens (primary N) is 1. The number of aliphatic carboxylic acids is 1. The first-order valence-corrected chi connectivity index (χ1v) is 5.66. The Morgan fingerprint density at radius 1 is 1.53 bits per heavy atom. The van der Waals surface area contributed by atoms with Crippen LogP contribution in [0.3, 0.4) is 0 Å². The monoisotopic (exact) mass is 239 g/mol. The van der Waals surface area contributed by atoms with Crippen molar-refractivity contribution in [1.82, 2.24) is 0 Å². The van der Waals surface area contributed by atoms with Crippen LogP contribution in [0.1, 0.15) is 36.5 Å². The number of hydrogen-bond acceptors (Lipinski definition) is 2. The molecule has 0 radical (unpaired) electrons. The van der Waals surface area contributed by atoms with Crippen LogP contribution < -0.4 is 5.73 Å². The second-order valence-electron chi connectivity index (χ2n) is 4.25.